The van der Waals surface area contributed by atoms with Crippen molar-refractivity contribution in [3.8, 4) is 22.8 Å². The van der Waals surface area contributed by atoms with Crippen LogP contribution in [0.3, 0.4) is 0 Å². The van der Waals surface area contributed by atoms with Gasteiger partial charge in [0, 0.05) is 23.1 Å². The van der Waals surface area contributed by atoms with E-state index < -0.39 is 71.1 Å². The van der Waals surface area contributed by atoms with Crippen LogP contribution in [0.1, 0.15) is 85.5 Å². The van der Waals surface area contributed by atoms with E-state index in [1.54, 1.807) is 13.2 Å². The number of esters is 1. The van der Waals surface area contributed by atoms with Crippen LogP contribution in [0.15, 0.2) is 54.6 Å². The molecule has 1 aromatic heterocycles. The van der Waals surface area contributed by atoms with Gasteiger partial charge in [0.2, 0.25) is 17.7 Å². The van der Waals surface area contributed by atoms with Crippen LogP contribution in [0.2, 0.25) is 0 Å². The predicted octanol–water partition coefficient (Wildman–Crippen LogP) is 5.82. The maximum absolute atomic E-state index is 14.4. The number of hydrogen-bond donors (Lipinski definition) is 4. The summed E-state index contributed by atoms with van der Waals surface area (Å²) < 4.78 is 17.2. The summed E-state index contributed by atoms with van der Waals surface area (Å²) >= 11 is 0. The molecule has 2 aliphatic rings. The smallest absolute Gasteiger partial charge is 0.328 e. The summed E-state index contributed by atoms with van der Waals surface area (Å²) in [6, 6.07) is 13.8. The molecule has 0 unspecified atom stereocenters. The summed E-state index contributed by atoms with van der Waals surface area (Å²) in [5.41, 5.74) is 1.36. The van der Waals surface area contributed by atoms with Crippen molar-refractivity contribution < 1.29 is 43.3 Å². The van der Waals surface area contributed by atoms with Crippen LogP contribution in [0, 0.1) is 23.2 Å². The van der Waals surface area contributed by atoms with E-state index in [9.17, 15) is 29.1 Å². The molecule has 0 aliphatic heterocycles. The lowest BCUT2D eigenvalue weighted by atomic mass is 9.82. The molecule has 0 spiro atoms. The highest BCUT2D eigenvalue weighted by atomic mass is 16.5. The number of pyridine rings is 1. The minimum atomic E-state index is -1.17. The van der Waals surface area contributed by atoms with Crippen molar-refractivity contribution in [2.75, 3.05) is 14.2 Å². The molecule has 0 saturated heterocycles. The molecule has 2 saturated carbocycles. The molecule has 4 N–H and O–H groups in total. The molecule has 56 heavy (non-hydrogen) atoms. The third kappa shape index (κ3) is 10.2. The summed E-state index contributed by atoms with van der Waals surface area (Å²) in [6.45, 7) is 7.26. The molecule has 13 heteroatoms. The number of carbonyl (C=O) groups is 5. The number of methoxy groups -OCH3 is 2. The third-order valence-corrected chi connectivity index (χ3v) is 11.0. The van der Waals surface area contributed by atoms with E-state index in [0.717, 1.165) is 37.7 Å². The summed E-state index contributed by atoms with van der Waals surface area (Å²) in [4.78, 5) is 72.2. The highest BCUT2D eigenvalue weighted by Gasteiger charge is 2.47. The van der Waals surface area contributed by atoms with Gasteiger partial charge < -0.3 is 35.3 Å². The van der Waals surface area contributed by atoms with Gasteiger partial charge in [-0.15, -0.1) is 0 Å². The van der Waals surface area contributed by atoms with Crippen LogP contribution < -0.4 is 25.4 Å². The molecular weight excluding hydrogens is 716 g/mol. The van der Waals surface area contributed by atoms with Gasteiger partial charge >= 0.3 is 11.9 Å². The Bertz CT molecular complexity index is 1870. The number of fused-ring (bicyclic) bond motifs is 1. The summed E-state index contributed by atoms with van der Waals surface area (Å²) in [5, 5.41) is 19.1. The van der Waals surface area contributed by atoms with Gasteiger partial charge in [0.15, 0.2) is 0 Å². The van der Waals surface area contributed by atoms with E-state index in [4.69, 9.17) is 19.2 Å². The van der Waals surface area contributed by atoms with Gasteiger partial charge in [-0.1, -0.05) is 83.7 Å². The summed E-state index contributed by atoms with van der Waals surface area (Å²) in [7, 11) is 2.87. The van der Waals surface area contributed by atoms with Crippen LogP contribution >= 0.6 is 0 Å². The molecule has 1 heterocycles. The number of carboxylic acids is 1. The van der Waals surface area contributed by atoms with Crippen molar-refractivity contribution in [2.24, 2.45) is 23.2 Å². The minimum Gasteiger partial charge on any atom is -0.497 e. The quantitative estimate of drug-likeness (QED) is 0.137. The fourth-order valence-electron chi connectivity index (χ4n) is 7.95. The zero-order valence-electron chi connectivity index (χ0n) is 33.3. The second kappa shape index (κ2) is 18.6. The van der Waals surface area contributed by atoms with Gasteiger partial charge in [0.1, 0.15) is 35.7 Å². The first-order chi connectivity index (χ1) is 26.7. The Morgan fingerprint density at radius 3 is 2.12 bits per heavy atom. The van der Waals surface area contributed by atoms with E-state index in [1.807, 2.05) is 76.2 Å². The fraction of sp³-hybridized carbons (Fsp3) is 0.535. The van der Waals surface area contributed by atoms with Crippen LogP contribution in [0.5, 0.6) is 11.5 Å². The Morgan fingerprint density at radius 1 is 0.875 bits per heavy atom. The Balaban J connectivity index is 1.45. The van der Waals surface area contributed by atoms with Gasteiger partial charge in [-0.2, -0.15) is 0 Å². The average Bonchev–Trinajstić information content (AvgIpc) is 3.62. The lowest BCUT2D eigenvalue weighted by Crippen LogP contribution is -2.59. The van der Waals surface area contributed by atoms with Gasteiger partial charge in [-0.3, -0.25) is 14.4 Å². The zero-order chi connectivity index (χ0) is 40.6. The molecule has 0 bridgehead atoms. The lowest BCUT2D eigenvalue weighted by Gasteiger charge is -2.35. The molecule has 6 atom stereocenters. The molecule has 2 fully saturated rings. The number of hydrogen-bond acceptors (Lipinski definition) is 9. The zero-order valence-corrected chi connectivity index (χ0v) is 33.3. The number of ether oxygens (including phenoxy) is 3. The topological polar surface area (TPSA) is 182 Å². The number of aromatic nitrogens is 1. The monoisotopic (exact) mass is 772 g/mol. The van der Waals surface area contributed by atoms with Crippen LogP contribution in [0.4, 0.5) is 0 Å². The average molecular weight is 773 g/mol. The second-order valence-corrected chi connectivity index (χ2v) is 16.1. The highest BCUT2D eigenvalue weighted by Crippen LogP contribution is 2.39. The van der Waals surface area contributed by atoms with Crippen LogP contribution in [-0.4, -0.2) is 78.2 Å². The second-order valence-electron chi connectivity index (χ2n) is 16.1. The molecule has 302 valence electrons. The van der Waals surface area contributed by atoms with E-state index in [-0.39, 0.29) is 25.2 Å². The maximum Gasteiger partial charge on any atom is 0.328 e. The van der Waals surface area contributed by atoms with E-state index in [1.165, 1.54) is 7.11 Å². The summed E-state index contributed by atoms with van der Waals surface area (Å²) in [6.07, 6.45) is 4.83. The number of rotatable bonds is 15. The van der Waals surface area contributed by atoms with E-state index in [2.05, 4.69) is 16.0 Å². The largest absolute Gasteiger partial charge is 0.497 e. The first-order valence-electron chi connectivity index (χ1n) is 19.7. The Hall–Kier alpha value is -5.20. The highest BCUT2D eigenvalue weighted by molar-refractivity contribution is 5.95. The van der Waals surface area contributed by atoms with Crippen molar-refractivity contribution in [3.63, 3.8) is 0 Å². The lowest BCUT2D eigenvalue weighted by molar-refractivity contribution is -0.148. The molecule has 0 radical (unpaired) electrons. The molecule has 5 rings (SSSR count). The third-order valence-electron chi connectivity index (χ3n) is 11.0. The number of carboxylic acid groups (broad SMARTS) is 1. The van der Waals surface area contributed by atoms with E-state index in [0.29, 0.717) is 34.5 Å². The van der Waals surface area contributed by atoms with Crippen molar-refractivity contribution in [1.29, 1.82) is 0 Å². The standard InChI is InChI=1S/C43H56N4O9/c1-7-14-32(41(51)52)45-38(48)30-21-28(56-35-24-33(25-15-10-8-11-16-25)44-34-23-27(54-5)19-20-29(34)35)22-31(30)39(49)47-37(43(2,3)4)40(50)46-36(42(53)55-6)26-17-12-9-13-18-26/h8,10-11,15-16,19-20,23-24,26,28,30-32,36-37H,7,9,12-14,17-18,21-22H2,1-6H3,(H,45,48)(H,46,50)(H,47,49)(H,51,52)/t28-,30-,31-,32+,36+,37-/m1/s1. The Kier molecular flexibility index (Phi) is 14.0. The van der Waals surface area contributed by atoms with Gasteiger partial charge in [-0.05, 0) is 55.6 Å². The fourth-order valence-corrected chi connectivity index (χ4v) is 7.95. The van der Waals surface area contributed by atoms with Crippen molar-refractivity contribution >= 4 is 40.6 Å². The van der Waals surface area contributed by atoms with Gasteiger partial charge in [0.25, 0.3) is 0 Å². The van der Waals surface area contributed by atoms with E-state index >= 15 is 0 Å². The van der Waals surface area contributed by atoms with Crippen molar-refractivity contribution in [2.45, 2.75) is 110 Å². The van der Waals surface area contributed by atoms with Gasteiger partial charge in [-0.25, -0.2) is 14.6 Å². The normalized spacial score (nSPS) is 20.3. The number of aliphatic carboxylic acids is 1. The van der Waals surface area contributed by atoms with Crippen LogP contribution in [0.25, 0.3) is 22.2 Å². The number of carbonyl (C=O) groups excluding carboxylic acids is 4. The molecular formula is C43H56N4O9. The molecule has 3 aromatic rings. The van der Waals surface area contributed by atoms with Crippen LogP contribution in [-0.2, 0) is 28.7 Å². The van der Waals surface area contributed by atoms with Crippen molar-refractivity contribution in [3.05, 3.63) is 54.6 Å². The number of nitrogens with one attached hydrogen (secondary N) is 3. The Morgan fingerprint density at radius 2 is 1.54 bits per heavy atom. The predicted molar refractivity (Wildman–Crippen MR) is 211 cm³/mol. The van der Waals surface area contributed by atoms with Gasteiger partial charge in [0.05, 0.1) is 37.3 Å². The molecule has 2 aliphatic carbocycles. The first-order valence-corrected chi connectivity index (χ1v) is 19.7. The number of benzene rings is 2. The molecule has 13 nitrogen and oxygen atoms in total. The maximum atomic E-state index is 14.4. The molecule has 3 amide bonds. The number of nitrogens with zero attached hydrogens (tertiary/aromatic N) is 1. The Labute approximate surface area is 328 Å². The molecule has 2 aromatic carbocycles. The van der Waals surface area contributed by atoms with Crippen molar-refractivity contribution in [1.82, 2.24) is 20.9 Å². The summed E-state index contributed by atoms with van der Waals surface area (Å²) in [5.74, 6) is -4.25. The first kappa shape index (κ1) is 42.0. The minimum absolute atomic E-state index is 0.0876. The SMILES string of the molecule is CCC[C@H](NC(=O)[C@@H]1C[C@@H](Oc2cc(-c3ccccc3)nc3cc(OC)ccc23)C[C@H]1C(=O)N[C@H](C(=O)N[C@H](C(=O)OC)C1CCCCC1)C(C)(C)C)C(=O)O. The number of amides is 3.